The Morgan fingerprint density at radius 1 is 1.15 bits per heavy atom. The maximum Gasteiger partial charge on any atom is 0.339 e. The molecule has 20 heavy (non-hydrogen) atoms. The molecule has 1 N–H and O–H groups in total. The van der Waals surface area contributed by atoms with E-state index in [4.69, 9.17) is 5.11 Å². The van der Waals surface area contributed by atoms with Crippen molar-refractivity contribution in [2.45, 2.75) is 20.3 Å². The van der Waals surface area contributed by atoms with E-state index in [1.807, 2.05) is 24.3 Å². The van der Waals surface area contributed by atoms with E-state index in [1.54, 1.807) is 6.07 Å². The van der Waals surface area contributed by atoms with E-state index in [0.29, 0.717) is 11.5 Å². The molecule has 2 nitrogen and oxygen atoms in total. The Morgan fingerprint density at radius 2 is 1.80 bits per heavy atom. The number of carboxylic acids is 1. The third-order valence-electron chi connectivity index (χ3n) is 3.14. The number of halogens is 1. The topological polar surface area (TPSA) is 37.3 Å². The highest BCUT2D eigenvalue weighted by Crippen LogP contribution is 2.26. The molecule has 0 spiro atoms. The summed E-state index contributed by atoms with van der Waals surface area (Å²) in [6, 6.07) is 11.9. The highest BCUT2D eigenvalue weighted by molar-refractivity contribution is 5.96. The van der Waals surface area contributed by atoms with Crippen LogP contribution < -0.4 is 0 Å². The summed E-state index contributed by atoms with van der Waals surface area (Å²) in [4.78, 5) is 11.2. The molecule has 0 saturated heterocycles. The van der Waals surface area contributed by atoms with Gasteiger partial charge >= 0.3 is 5.97 Å². The minimum absolute atomic E-state index is 0.274. The van der Waals surface area contributed by atoms with Gasteiger partial charge in [0.25, 0.3) is 0 Å². The smallest absolute Gasteiger partial charge is 0.339 e. The second-order valence-electron chi connectivity index (χ2n) is 5.26. The van der Waals surface area contributed by atoms with E-state index < -0.39 is 11.8 Å². The fourth-order valence-corrected chi connectivity index (χ4v) is 2.27. The first-order chi connectivity index (χ1) is 9.49. The predicted molar refractivity (Wildman–Crippen MR) is 77.3 cm³/mol. The maximum absolute atomic E-state index is 13.7. The standard InChI is InChI=1S/C17H17FO2/c1-11(2)10-12-6-8-13(9-7-12)14-4-3-5-15(18)16(14)17(19)20/h3-9,11H,10H2,1-2H3,(H,19,20). The summed E-state index contributed by atoms with van der Waals surface area (Å²) >= 11 is 0. The lowest BCUT2D eigenvalue weighted by atomic mass is 9.96. The lowest BCUT2D eigenvalue weighted by Crippen LogP contribution is -2.03. The molecule has 0 heterocycles. The first-order valence-corrected chi connectivity index (χ1v) is 6.60. The SMILES string of the molecule is CC(C)Cc1ccc(-c2cccc(F)c2C(=O)O)cc1. The highest BCUT2D eigenvalue weighted by atomic mass is 19.1. The van der Waals surface area contributed by atoms with Crippen LogP contribution in [0.4, 0.5) is 4.39 Å². The van der Waals surface area contributed by atoms with Crippen LogP contribution in [0.15, 0.2) is 42.5 Å². The first kappa shape index (κ1) is 14.3. The van der Waals surface area contributed by atoms with Gasteiger partial charge in [-0.3, -0.25) is 0 Å². The van der Waals surface area contributed by atoms with Gasteiger partial charge in [0, 0.05) is 0 Å². The van der Waals surface area contributed by atoms with E-state index in [9.17, 15) is 9.18 Å². The second kappa shape index (κ2) is 5.87. The van der Waals surface area contributed by atoms with Crippen molar-refractivity contribution in [1.29, 1.82) is 0 Å². The quantitative estimate of drug-likeness (QED) is 0.896. The van der Waals surface area contributed by atoms with Crippen LogP contribution in [0.25, 0.3) is 11.1 Å². The van der Waals surface area contributed by atoms with Gasteiger partial charge in [0.05, 0.1) is 0 Å². The maximum atomic E-state index is 13.7. The molecular weight excluding hydrogens is 255 g/mol. The Hall–Kier alpha value is -2.16. The monoisotopic (exact) mass is 272 g/mol. The van der Waals surface area contributed by atoms with Crippen molar-refractivity contribution in [3.05, 3.63) is 59.4 Å². The number of aromatic carboxylic acids is 1. The zero-order chi connectivity index (χ0) is 14.7. The molecule has 0 aliphatic heterocycles. The van der Waals surface area contributed by atoms with Crippen molar-refractivity contribution in [2.24, 2.45) is 5.92 Å². The van der Waals surface area contributed by atoms with Gasteiger partial charge < -0.3 is 5.11 Å². The van der Waals surface area contributed by atoms with E-state index >= 15 is 0 Å². The van der Waals surface area contributed by atoms with Crippen molar-refractivity contribution < 1.29 is 14.3 Å². The Balaban J connectivity index is 2.42. The van der Waals surface area contributed by atoms with Crippen LogP contribution in [0.3, 0.4) is 0 Å². The molecule has 0 unspecified atom stereocenters. The molecule has 0 fully saturated rings. The lowest BCUT2D eigenvalue weighted by Gasteiger charge is -2.09. The Labute approximate surface area is 117 Å². The Bertz CT molecular complexity index is 615. The van der Waals surface area contributed by atoms with Gasteiger partial charge in [0.2, 0.25) is 0 Å². The van der Waals surface area contributed by atoms with E-state index in [-0.39, 0.29) is 5.56 Å². The van der Waals surface area contributed by atoms with Crippen molar-refractivity contribution in [1.82, 2.24) is 0 Å². The Morgan fingerprint density at radius 3 is 2.35 bits per heavy atom. The summed E-state index contributed by atoms with van der Waals surface area (Å²) in [5.41, 5.74) is 2.05. The van der Waals surface area contributed by atoms with Crippen LogP contribution in [-0.2, 0) is 6.42 Å². The molecule has 0 bridgehead atoms. The molecule has 2 aromatic rings. The predicted octanol–water partition coefficient (Wildman–Crippen LogP) is 4.39. The molecule has 0 aromatic heterocycles. The van der Waals surface area contributed by atoms with E-state index in [2.05, 4.69) is 13.8 Å². The van der Waals surface area contributed by atoms with Gasteiger partial charge in [-0.25, -0.2) is 9.18 Å². The minimum Gasteiger partial charge on any atom is -0.478 e. The third-order valence-corrected chi connectivity index (χ3v) is 3.14. The number of benzene rings is 2. The fourth-order valence-electron chi connectivity index (χ4n) is 2.27. The molecular formula is C17H17FO2. The Kier molecular flexibility index (Phi) is 4.18. The molecule has 3 heteroatoms. The average molecular weight is 272 g/mol. The molecule has 0 saturated carbocycles. The van der Waals surface area contributed by atoms with Crippen LogP contribution >= 0.6 is 0 Å². The summed E-state index contributed by atoms with van der Waals surface area (Å²) in [5.74, 6) is -1.39. The summed E-state index contributed by atoms with van der Waals surface area (Å²) in [6.07, 6.45) is 0.967. The van der Waals surface area contributed by atoms with Gasteiger partial charge in [-0.2, -0.15) is 0 Å². The van der Waals surface area contributed by atoms with Crippen LogP contribution in [0.1, 0.15) is 29.8 Å². The van der Waals surface area contributed by atoms with Crippen molar-refractivity contribution in [3.63, 3.8) is 0 Å². The van der Waals surface area contributed by atoms with Crippen molar-refractivity contribution >= 4 is 5.97 Å². The van der Waals surface area contributed by atoms with Gasteiger partial charge in [0.15, 0.2) is 0 Å². The molecule has 0 amide bonds. The zero-order valence-corrected chi connectivity index (χ0v) is 11.6. The van der Waals surface area contributed by atoms with E-state index in [0.717, 1.165) is 12.0 Å². The van der Waals surface area contributed by atoms with Crippen molar-refractivity contribution in [3.8, 4) is 11.1 Å². The third kappa shape index (κ3) is 3.05. The number of carboxylic acid groups (broad SMARTS) is 1. The number of hydrogen-bond acceptors (Lipinski definition) is 1. The van der Waals surface area contributed by atoms with Crippen LogP contribution in [0.2, 0.25) is 0 Å². The van der Waals surface area contributed by atoms with Crippen LogP contribution in [-0.4, -0.2) is 11.1 Å². The molecule has 0 aliphatic rings. The molecule has 0 radical (unpaired) electrons. The largest absolute Gasteiger partial charge is 0.478 e. The lowest BCUT2D eigenvalue weighted by molar-refractivity contribution is 0.0693. The highest BCUT2D eigenvalue weighted by Gasteiger charge is 2.16. The minimum atomic E-state index is -1.25. The summed E-state index contributed by atoms with van der Waals surface area (Å²) in [6.45, 7) is 4.28. The molecule has 104 valence electrons. The second-order valence-corrected chi connectivity index (χ2v) is 5.26. The zero-order valence-electron chi connectivity index (χ0n) is 11.6. The molecule has 2 rings (SSSR count). The van der Waals surface area contributed by atoms with Crippen LogP contribution in [0, 0.1) is 11.7 Å². The molecule has 0 atom stereocenters. The van der Waals surface area contributed by atoms with Crippen LogP contribution in [0.5, 0.6) is 0 Å². The first-order valence-electron chi connectivity index (χ1n) is 6.60. The van der Waals surface area contributed by atoms with Gasteiger partial charge in [-0.15, -0.1) is 0 Å². The number of hydrogen-bond donors (Lipinski definition) is 1. The normalized spacial score (nSPS) is 10.8. The van der Waals surface area contributed by atoms with Gasteiger partial charge in [0.1, 0.15) is 11.4 Å². The number of carbonyl (C=O) groups is 1. The van der Waals surface area contributed by atoms with E-state index in [1.165, 1.54) is 17.7 Å². The van der Waals surface area contributed by atoms with Gasteiger partial charge in [-0.05, 0) is 35.1 Å². The average Bonchev–Trinajstić information content (AvgIpc) is 2.38. The van der Waals surface area contributed by atoms with Crippen molar-refractivity contribution in [2.75, 3.05) is 0 Å². The number of rotatable bonds is 4. The molecule has 0 aliphatic carbocycles. The fraction of sp³-hybridized carbons (Fsp3) is 0.235. The van der Waals surface area contributed by atoms with Gasteiger partial charge in [-0.1, -0.05) is 50.2 Å². The summed E-state index contributed by atoms with van der Waals surface area (Å²) < 4.78 is 13.7. The summed E-state index contributed by atoms with van der Waals surface area (Å²) in [5, 5.41) is 9.14. The molecule has 2 aromatic carbocycles. The summed E-state index contributed by atoms with van der Waals surface area (Å²) in [7, 11) is 0.